The zero-order valence-electron chi connectivity index (χ0n) is 13.8. The van der Waals surface area contributed by atoms with Crippen LogP contribution in [0.15, 0.2) is 42.5 Å². The lowest BCUT2D eigenvalue weighted by Crippen LogP contribution is -2.41. The van der Waals surface area contributed by atoms with Crippen LogP contribution in [0.4, 0.5) is 11.4 Å². The van der Waals surface area contributed by atoms with Crippen molar-refractivity contribution in [1.82, 2.24) is 0 Å². The molecule has 0 radical (unpaired) electrons. The molecule has 1 N–H and O–H groups in total. The van der Waals surface area contributed by atoms with E-state index in [4.69, 9.17) is 4.74 Å². The van der Waals surface area contributed by atoms with Gasteiger partial charge in [0.1, 0.15) is 11.5 Å². The smallest absolute Gasteiger partial charge is 0.265 e. The van der Waals surface area contributed by atoms with Gasteiger partial charge >= 0.3 is 0 Å². The van der Waals surface area contributed by atoms with E-state index in [-0.39, 0.29) is 24.8 Å². The molecule has 124 valence electrons. The average Bonchev–Trinajstić information content (AvgIpc) is 2.56. The zero-order valence-corrected chi connectivity index (χ0v) is 13.8. The number of ketones is 1. The highest BCUT2D eigenvalue weighted by atomic mass is 16.5. The van der Waals surface area contributed by atoms with Crippen LogP contribution in [0.25, 0.3) is 0 Å². The van der Waals surface area contributed by atoms with Crippen molar-refractivity contribution in [3.63, 3.8) is 0 Å². The molecule has 0 saturated heterocycles. The molecule has 3 rings (SSSR count). The number of benzene rings is 2. The van der Waals surface area contributed by atoms with Gasteiger partial charge in [-0.3, -0.25) is 14.5 Å². The van der Waals surface area contributed by atoms with Crippen molar-refractivity contribution < 1.29 is 14.3 Å². The maximum atomic E-state index is 12.0. The Morgan fingerprint density at radius 3 is 2.79 bits per heavy atom. The number of ether oxygens (including phenoxy) is 1. The highest BCUT2D eigenvalue weighted by Crippen LogP contribution is 2.34. The molecule has 2 aromatic carbocycles. The van der Waals surface area contributed by atoms with Crippen LogP contribution in [-0.2, 0) is 16.1 Å². The number of aryl methyl sites for hydroxylation is 1. The van der Waals surface area contributed by atoms with Crippen molar-refractivity contribution in [2.24, 2.45) is 0 Å². The van der Waals surface area contributed by atoms with Crippen molar-refractivity contribution in [1.29, 1.82) is 0 Å². The van der Waals surface area contributed by atoms with Crippen LogP contribution >= 0.6 is 0 Å². The first-order valence-corrected chi connectivity index (χ1v) is 7.89. The molecule has 5 heteroatoms. The molecule has 0 bridgehead atoms. The summed E-state index contributed by atoms with van der Waals surface area (Å²) in [7, 11) is 0. The zero-order chi connectivity index (χ0) is 17.1. The maximum absolute atomic E-state index is 12.0. The summed E-state index contributed by atoms with van der Waals surface area (Å²) < 4.78 is 5.52. The van der Waals surface area contributed by atoms with E-state index in [0.29, 0.717) is 18.0 Å². The number of nitrogens with zero attached hydrogens (tertiary/aromatic N) is 1. The Bertz CT molecular complexity index is 786. The number of anilines is 2. The molecule has 1 amide bonds. The van der Waals surface area contributed by atoms with Crippen LogP contribution in [0.5, 0.6) is 5.75 Å². The fourth-order valence-electron chi connectivity index (χ4n) is 2.72. The van der Waals surface area contributed by atoms with Crippen molar-refractivity contribution in [3.8, 4) is 5.75 Å². The van der Waals surface area contributed by atoms with Crippen molar-refractivity contribution >= 4 is 23.1 Å². The van der Waals surface area contributed by atoms with Crippen LogP contribution < -0.4 is 15.0 Å². The van der Waals surface area contributed by atoms with Crippen LogP contribution in [0.3, 0.4) is 0 Å². The van der Waals surface area contributed by atoms with Gasteiger partial charge in [-0.15, -0.1) is 0 Å². The molecule has 2 aromatic rings. The largest absolute Gasteiger partial charge is 0.481 e. The number of hydrogen-bond acceptors (Lipinski definition) is 4. The number of fused-ring (bicyclic) bond motifs is 1. The van der Waals surface area contributed by atoms with Gasteiger partial charge in [0, 0.05) is 18.3 Å². The fourth-order valence-corrected chi connectivity index (χ4v) is 2.72. The van der Waals surface area contributed by atoms with Gasteiger partial charge in [0.15, 0.2) is 6.61 Å². The Labute approximate surface area is 141 Å². The number of amides is 1. The topological polar surface area (TPSA) is 58.6 Å². The van der Waals surface area contributed by atoms with Crippen LogP contribution in [0, 0.1) is 6.92 Å². The second kappa shape index (κ2) is 6.74. The minimum Gasteiger partial charge on any atom is -0.481 e. The summed E-state index contributed by atoms with van der Waals surface area (Å²) in [6.07, 6.45) is 0. The number of Topliss-reactive ketones (excluding diaryl/α,β-unsaturated/α-hetero) is 1. The van der Waals surface area contributed by atoms with Crippen LogP contribution in [0.1, 0.15) is 18.1 Å². The first-order chi connectivity index (χ1) is 11.5. The summed E-state index contributed by atoms with van der Waals surface area (Å²) in [5.74, 6) is 0.363. The molecule has 24 heavy (non-hydrogen) atoms. The molecule has 0 unspecified atom stereocenters. The van der Waals surface area contributed by atoms with Crippen LogP contribution in [-0.4, -0.2) is 24.8 Å². The van der Waals surface area contributed by atoms with Gasteiger partial charge in [-0.25, -0.2) is 0 Å². The summed E-state index contributed by atoms with van der Waals surface area (Å²) in [5.41, 5.74) is 4.01. The van der Waals surface area contributed by atoms with Crippen molar-refractivity contribution in [2.45, 2.75) is 20.4 Å². The third-order valence-corrected chi connectivity index (χ3v) is 4.03. The molecule has 0 spiro atoms. The molecule has 0 atom stereocenters. The number of rotatable bonds is 5. The van der Waals surface area contributed by atoms with Gasteiger partial charge in [-0.1, -0.05) is 24.3 Å². The minimum absolute atomic E-state index is 0.0402. The summed E-state index contributed by atoms with van der Waals surface area (Å²) in [4.78, 5) is 24.8. The van der Waals surface area contributed by atoms with Gasteiger partial charge in [-0.2, -0.15) is 0 Å². The van der Waals surface area contributed by atoms with E-state index < -0.39 is 0 Å². The quantitative estimate of drug-likeness (QED) is 0.919. The minimum atomic E-state index is -0.196. The highest BCUT2D eigenvalue weighted by Gasteiger charge is 2.26. The number of nitrogens with one attached hydrogen (secondary N) is 1. The number of carbonyl (C=O) groups is 2. The van der Waals surface area contributed by atoms with E-state index in [0.717, 1.165) is 5.69 Å². The molecular formula is C19H20N2O3. The molecule has 1 aliphatic heterocycles. The third-order valence-electron chi connectivity index (χ3n) is 4.03. The van der Waals surface area contributed by atoms with Gasteiger partial charge < -0.3 is 10.1 Å². The molecule has 0 aliphatic carbocycles. The summed E-state index contributed by atoms with van der Waals surface area (Å²) >= 11 is 0. The number of hydrogen-bond donors (Lipinski definition) is 1. The van der Waals surface area contributed by atoms with Gasteiger partial charge in [0.2, 0.25) is 0 Å². The Morgan fingerprint density at radius 1 is 1.25 bits per heavy atom. The Balaban J connectivity index is 1.77. The molecule has 1 aliphatic rings. The van der Waals surface area contributed by atoms with Crippen LogP contribution in [0.2, 0.25) is 0 Å². The summed E-state index contributed by atoms with van der Waals surface area (Å²) in [6, 6.07) is 13.8. The average molecular weight is 324 g/mol. The second-order valence-electron chi connectivity index (χ2n) is 5.93. The molecule has 0 saturated carbocycles. The second-order valence-corrected chi connectivity index (χ2v) is 5.93. The SMILES string of the molecule is CC(=O)CN1C(=O)COc2cc(NCc3ccccc3C)ccc21. The number of carbonyl (C=O) groups excluding carboxylic acids is 2. The molecule has 0 fully saturated rings. The van der Waals surface area contributed by atoms with Gasteiger partial charge in [0.25, 0.3) is 5.91 Å². The Kier molecular flexibility index (Phi) is 4.51. The molecule has 1 heterocycles. The summed E-state index contributed by atoms with van der Waals surface area (Å²) in [5, 5.41) is 3.37. The van der Waals surface area contributed by atoms with E-state index in [9.17, 15) is 9.59 Å². The van der Waals surface area contributed by atoms with Crippen molar-refractivity contribution in [2.75, 3.05) is 23.4 Å². The summed E-state index contributed by atoms with van der Waals surface area (Å²) in [6.45, 7) is 4.30. The predicted octanol–water partition coefficient (Wildman–Crippen LogP) is 2.92. The van der Waals surface area contributed by atoms with Gasteiger partial charge in [-0.05, 0) is 37.1 Å². The Hall–Kier alpha value is -2.82. The first kappa shape index (κ1) is 16.1. The normalized spacial score (nSPS) is 13.2. The maximum Gasteiger partial charge on any atom is 0.265 e. The van der Waals surface area contributed by atoms with E-state index in [1.54, 1.807) is 0 Å². The molecule has 0 aromatic heterocycles. The molecule has 5 nitrogen and oxygen atoms in total. The fraction of sp³-hybridized carbons (Fsp3) is 0.263. The highest BCUT2D eigenvalue weighted by molar-refractivity contribution is 6.02. The third kappa shape index (κ3) is 3.40. The molecular weight excluding hydrogens is 304 g/mol. The first-order valence-electron chi connectivity index (χ1n) is 7.89. The lowest BCUT2D eigenvalue weighted by Gasteiger charge is -2.29. The monoisotopic (exact) mass is 324 g/mol. The van der Waals surface area contributed by atoms with E-state index >= 15 is 0 Å². The lowest BCUT2D eigenvalue weighted by atomic mass is 10.1. The van der Waals surface area contributed by atoms with Gasteiger partial charge in [0.05, 0.1) is 12.2 Å². The van der Waals surface area contributed by atoms with E-state index in [1.807, 2.05) is 30.3 Å². The predicted molar refractivity (Wildman–Crippen MR) is 93.5 cm³/mol. The van der Waals surface area contributed by atoms with E-state index in [1.165, 1.54) is 23.0 Å². The van der Waals surface area contributed by atoms with Crippen molar-refractivity contribution in [3.05, 3.63) is 53.6 Å². The lowest BCUT2D eigenvalue weighted by molar-refractivity contribution is -0.123. The van der Waals surface area contributed by atoms with E-state index in [2.05, 4.69) is 24.4 Å². The standard InChI is InChI=1S/C19H20N2O3/c1-13-5-3-4-6-15(13)10-20-16-7-8-17-18(9-16)24-12-19(23)21(17)11-14(2)22/h3-9,20H,10-12H2,1-2H3. The Morgan fingerprint density at radius 2 is 2.04 bits per heavy atom.